The average molecular weight is 214 g/mol. The molecule has 0 aliphatic carbocycles. The van der Waals surface area contributed by atoms with Crippen LogP contribution in [0.25, 0.3) is 0 Å². The third kappa shape index (κ3) is 4.18. The SMILES string of the molecule is CCCN(CC)C(=O)CCOC1CNC1. The van der Waals surface area contributed by atoms with E-state index in [9.17, 15) is 4.79 Å². The maximum absolute atomic E-state index is 11.7. The fourth-order valence-corrected chi connectivity index (χ4v) is 1.58. The molecule has 0 atom stereocenters. The van der Waals surface area contributed by atoms with Crippen LogP contribution >= 0.6 is 0 Å². The van der Waals surface area contributed by atoms with Gasteiger partial charge < -0.3 is 15.0 Å². The summed E-state index contributed by atoms with van der Waals surface area (Å²) in [5, 5.41) is 3.13. The molecule has 1 rings (SSSR count). The molecule has 0 unspecified atom stereocenters. The molecule has 4 nitrogen and oxygen atoms in total. The molecular weight excluding hydrogens is 192 g/mol. The van der Waals surface area contributed by atoms with E-state index in [4.69, 9.17) is 4.74 Å². The summed E-state index contributed by atoms with van der Waals surface area (Å²) < 4.78 is 5.51. The minimum absolute atomic E-state index is 0.214. The van der Waals surface area contributed by atoms with Crippen molar-refractivity contribution in [3.63, 3.8) is 0 Å². The topological polar surface area (TPSA) is 41.6 Å². The standard InChI is InChI=1S/C11H22N2O2/c1-3-6-13(4-2)11(14)5-7-15-10-8-12-9-10/h10,12H,3-9H2,1-2H3. The lowest BCUT2D eigenvalue weighted by molar-refractivity contribution is -0.132. The Bertz CT molecular complexity index is 193. The predicted octanol–water partition coefficient (Wildman–Crippen LogP) is 0.623. The van der Waals surface area contributed by atoms with E-state index in [-0.39, 0.29) is 5.91 Å². The fourth-order valence-electron chi connectivity index (χ4n) is 1.58. The molecule has 0 aromatic rings. The van der Waals surface area contributed by atoms with Gasteiger partial charge >= 0.3 is 0 Å². The monoisotopic (exact) mass is 214 g/mol. The first kappa shape index (κ1) is 12.5. The number of rotatable bonds is 7. The molecular formula is C11H22N2O2. The van der Waals surface area contributed by atoms with Crippen molar-refractivity contribution >= 4 is 5.91 Å². The van der Waals surface area contributed by atoms with Crippen molar-refractivity contribution in [3.8, 4) is 0 Å². The highest BCUT2D eigenvalue weighted by atomic mass is 16.5. The molecule has 0 spiro atoms. The Morgan fingerprint density at radius 3 is 2.67 bits per heavy atom. The van der Waals surface area contributed by atoms with Crippen molar-refractivity contribution in [3.05, 3.63) is 0 Å². The zero-order valence-electron chi connectivity index (χ0n) is 9.79. The highest BCUT2D eigenvalue weighted by molar-refractivity contribution is 5.76. The lowest BCUT2D eigenvalue weighted by Crippen LogP contribution is -2.48. The number of ether oxygens (including phenoxy) is 1. The van der Waals surface area contributed by atoms with E-state index in [1.54, 1.807) is 0 Å². The first-order valence-corrected chi connectivity index (χ1v) is 5.88. The second-order valence-electron chi connectivity index (χ2n) is 3.87. The van der Waals surface area contributed by atoms with Crippen LogP contribution in [0.5, 0.6) is 0 Å². The molecule has 0 aromatic carbocycles. The number of hydrogen-bond acceptors (Lipinski definition) is 3. The third-order valence-electron chi connectivity index (χ3n) is 2.64. The van der Waals surface area contributed by atoms with E-state index in [2.05, 4.69) is 12.2 Å². The van der Waals surface area contributed by atoms with Gasteiger partial charge in [-0.15, -0.1) is 0 Å². The van der Waals surface area contributed by atoms with Crippen LogP contribution in [-0.4, -0.2) is 49.7 Å². The van der Waals surface area contributed by atoms with Crippen molar-refractivity contribution in [2.24, 2.45) is 0 Å². The molecule has 1 amide bonds. The van der Waals surface area contributed by atoms with Gasteiger partial charge in [-0.1, -0.05) is 6.92 Å². The molecule has 1 fully saturated rings. The van der Waals surface area contributed by atoms with Crippen molar-refractivity contribution in [1.29, 1.82) is 0 Å². The lowest BCUT2D eigenvalue weighted by Gasteiger charge is -2.27. The summed E-state index contributed by atoms with van der Waals surface area (Å²) in [4.78, 5) is 13.6. The van der Waals surface area contributed by atoms with Crippen molar-refractivity contribution in [1.82, 2.24) is 10.2 Å². The Kier molecular flexibility index (Phi) is 5.65. The quantitative estimate of drug-likeness (QED) is 0.675. The summed E-state index contributed by atoms with van der Waals surface area (Å²) in [6, 6.07) is 0. The highest BCUT2D eigenvalue weighted by Crippen LogP contribution is 2.01. The van der Waals surface area contributed by atoms with Crippen molar-refractivity contribution < 1.29 is 9.53 Å². The second-order valence-corrected chi connectivity index (χ2v) is 3.87. The van der Waals surface area contributed by atoms with Gasteiger partial charge in [-0.05, 0) is 13.3 Å². The third-order valence-corrected chi connectivity index (χ3v) is 2.64. The first-order valence-electron chi connectivity index (χ1n) is 5.88. The van der Waals surface area contributed by atoms with E-state index >= 15 is 0 Å². The van der Waals surface area contributed by atoms with E-state index in [1.807, 2.05) is 11.8 Å². The molecule has 0 saturated carbocycles. The Balaban J connectivity index is 2.09. The Morgan fingerprint density at radius 2 is 2.20 bits per heavy atom. The molecule has 1 aliphatic heterocycles. The van der Waals surface area contributed by atoms with Crippen LogP contribution in [0.3, 0.4) is 0 Å². The van der Waals surface area contributed by atoms with Gasteiger partial charge in [-0.2, -0.15) is 0 Å². The van der Waals surface area contributed by atoms with Gasteiger partial charge in [0.2, 0.25) is 5.91 Å². The molecule has 88 valence electrons. The van der Waals surface area contributed by atoms with E-state index in [0.29, 0.717) is 19.1 Å². The minimum Gasteiger partial charge on any atom is -0.375 e. The van der Waals surface area contributed by atoms with Crippen LogP contribution in [0.15, 0.2) is 0 Å². The van der Waals surface area contributed by atoms with E-state index in [0.717, 1.165) is 32.6 Å². The zero-order chi connectivity index (χ0) is 11.1. The molecule has 4 heteroatoms. The van der Waals surface area contributed by atoms with Crippen LogP contribution in [-0.2, 0) is 9.53 Å². The van der Waals surface area contributed by atoms with Crippen LogP contribution < -0.4 is 5.32 Å². The molecule has 1 aliphatic rings. The number of carbonyl (C=O) groups excluding carboxylic acids is 1. The summed E-state index contributed by atoms with van der Waals surface area (Å²) in [6.45, 7) is 8.20. The molecule has 15 heavy (non-hydrogen) atoms. The van der Waals surface area contributed by atoms with Gasteiger partial charge in [-0.25, -0.2) is 0 Å². The summed E-state index contributed by atoms with van der Waals surface area (Å²) in [7, 11) is 0. The fraction of sp³-hybridized carbons (Fsp3) is 0.909. The first-order chi connectivity index (χ1) is 7.27. The van der Waals surface area contributed by atoms with Crippen LogP contribution in [0.1, 0.15) is 26.7 Å². The van der Waals surface area contributed by atoms with Crippen LogP contribution in [0.4, 0.5) is 0 Å². The van der Waals surface area contributed by atoms with Crippen LogP contribution in [0.2, 0.25) is 0 Å². The number of hydrogen-bond donors (Lipinski definition) is 1. The molecule has 0 radical (unpaired) electrons. The van der Waals surface area contributed by atoms with Gasteiger partial charge in [-0.3, -0.25) is 4.79 Å². The molecule has 0 aromatic heterocycles. The summed E-state index contributed by atoms with van der Waals surface area (Å²) >= 11 is 0. The summed E-state index contributed by atoms with van der Waals surface area (Å²) in [5.74, 6) is 0.214. The number of amides is 1. The van der Waals surface area contributed by atoms with E-state index in [1.165, 1.54) is 0 Å². The van der Waals surface area contributed by atoms with Gasteiger partial charge in [0.15, 0.2) is 0 Å². The summed E-state index contributed by atoms with van der Waals surface area (Å²) in [5.41, 5.74) is 0. The Morgan fingerprint density at radius 1 is 1.47 bits per heavy atom. The maximum atomic E-state index is 11.7. The van der Waals surface area contributed by atoms with Gasteiger partial charge in [0, 0.05) is 26.2 Å². The average Bonchev–Trinajstić information content (AvgIpc) is 2.17. The normalized spacial score (nSPS) is 16.1. The molecule has 1 N–H and O–H groups in total. The molecule has 0 bridgehead atoms. The van der Waals surface area contributed by atoms with Gasteiger partial charge in [0.05, 0.1) is 19.1 Å². The van der Waals surface area contributed by atoms with Gasteiger partial charge in [0.1, 0.15) is 0 Å². The van der Waals surface area contributed by atoms with Crippen LogP contribution in [0, 0.1) is 0 Å². The molecule has 1 heterocycles. The number of nitrogens with zero attached hydrogens (tertiary/aromatic N) is 1. The smallest absolute Gasteiger partial charge is 0.224 e. The Hall–Kier alpha value is -0.610. The Labute approximate surface area is 92.0 Å². The zero-order valence-corrected chi connectivity index (χ0v) is 9.79. The minimum atomic E-state index is 0.214. The van der Waals surface area contributed by atoms with Crippen molar-refractivity contribution in [2.75, 3.05) is 32.8 Å². The second kappa shape index (κ2) is 6.80. The number of nitrogens with one attached hydrogen (secondary N) is 1. The number of carbonyl (C=O) groups is 1. The van der Waals surface area contributed by atoms with Crippen molar-refractivity contribution in [2.45, 2.75) is 32.8 Å². The largest absolute Gasteiger partial charge is 0.375 e. The molecule has 1 saturated heterocycles. The maximum Gasteiger partial charge on any atom is 0.224 e. The highest BCUT2D eigenvalue weighted by Gasteiger charge is 2.17. The summed E-state index contributed by atoms with van der Waals surface area (Å²) in [6.07, 6.45) is 1.87. The predicted molar refractivity (Wildman–Crippen MR) is 59.8 cm³/mol. The van der Waals surface area contributed by atoms with Gasteiger partial charge in [0.25, 0.3) is 0 Å². The van der Waals surface area contributed by atoms with E-state index < -0.39 is 0 Å². The lowest BCUT2D eigenvalue weighted by atomic mass is 10.2.